The van der Waals surface area contributed by atoms with Gasteiger partial charge in [0, 0.05) is 12.8 Å². The molecule has 0 aromatic heterocycles. The summed E-state index contributed by atoms with van der Waals surface area (Å²) in [5.74, 6) is -1.44. The van der Waals surface area contributed by atoms with Crippen LogP contribution in [0.1, 0.15) is 149 Å². The molecule has 6 nitrogen and oxygen atoms in total. The van der Waals surface area contributed by atoms with Crippen LogP contribution in [0.15, 0.2) is 72.9 Å². The molecule has 1 atom stereocenters. The number of unbranched alkanes of at least 4 members (excludes halogenated alkanes) is 10. The molecule has 0 fully saturated rings. The molecule has 0 radical (unpaired) electrons. The van der Waals surface area contributed by atoms with Gasteiger partial charge in [-0.1, -0.05) is 119 Å². The summed E-state index contributed by atoms with van der Waals surface area (Å²) in [4.78, 5) is 34.9. The smallest absolute Gasteiger partial charge is 0.322 e. The van der Waals surface area contributed by atoms with E-state index in [0.717, 1.165) is 70.6 Å². The zero-order valence-corrected chi connectivity index (χ0v) is 29.1. The minimum absolute atomic E-state index is 0.147. The van der Waals surface area contributed by atoms with Crippen LogP contribution in [-0.4, -0.2) is 35.6 Å². The van der Waals surface area contributed by atoms with E-state index >= 15 is 0 Å². The van der Waals surface area contributed by atoms with Gasteiger partial charge in [-0.2, -0.15) is 0 Å². The number of aliphatic carboxylic acids is 1. The first-order valence-electron chi connectivity index (χ1n) is 18.1. The second-order valence-electron chi connectivity index (χ2n) is 11.7. The number of carbonyl (C=O) groups is 3. The lowest BCUT2D eigenvalue weighted by atomic mass is 10.1. The van der Waals surface area contributed by atoms with E-state index in [2.05, 4.69) is 86.0 Å². The molecule has 260 valence electrons. The molecule has 1 amide bonds. The van der Waals surface area contributed by atoms with E-state index in [4.69, 9.17) is 9.84 Å². The fraction of sp³-hybridized carbons (Fsp3) is 0.625. The molecule has 0 bridgehead atoms. The van der Waals surface area contributed by atoms with Gasteiger partial charge in [-0.3, -0.25) is 14.4 Å². The summed E-state index contributed by atoms with van der Waals surface area (Å²) in [5, 5.41) is 11.1. The molecule has 46 heavy (non-hydrogen) atoms. The third-order valence-corrected chi connectivity index (χ3v) is 7.35. The number of hydrogen-bond acceptors (Lipinski definition) is 4. The average molecular weight is 640 g/mol. The lowest BCUT2D eigenvalue weighted by molar-refractivity contribution is -0.147. The number of hydrogen-bond donors (Lipinski definition) is 2. The molecule has 0 saturated carbocycles. The van der Waals surface area contributed by atoms with Crippen LogP contribution in [0.25, 0.3) is 0 Å². The number of amides is 1. The second-order valence-corrected chi connectivity index (χ2v) is 11.7. The van der Waals surface area contributed by atoms with Crippen LogP contribution in [0.5, 0.6) is 0 Å². The van der Waals surface area contributed by atoms with Crippen LogP contribution >= 0.6 is 0 Å². The second kappa shape index (κ2) is 34.7. The van der Waals surface area contributed by atoms with E-state index in [1.807, 2.05) is 6.08 Å². The first kappa shape index (κ1) is 42.9. The maximum Gasteiger partial charge on any atom is 0.322 e. The number of ether oxygens (including phenoxy) is 1. The Hall–Kier alpha value is -3.15. The van der Waals surface area contributed by atoms with Crippen LogP contribution in [0.3, 0.4) is 0 Å². The quantitative estimate of drug-likeness (QED) is 0.0447. The molecular formula is C40H65NO5. The van der Waals surface area contributed by atoms with E-state index in [1.165, 1.54) is 38.5 Å². The van der Waals surface area contributed by atoms with Crippen LogP contribution in [0.4, 0.5) is 0 Å². The highest BCUT2D eigenvalue weighted by atomic mass is 16.5. The normalized spacial score (nSPS) is 12.9. The van der Waals surface area contributed by atoms with Crippen molar-refractivity contribution in [1.82, 2.24) is 5.32 Å². The fourth-order valence-electron chi connectivity index (χ4n) is 4.69. The largest absolute Gasteiger partial charge is 0.480 e. The lowest BCUT2D eigenvalue weighted by Gasteiger charge is -2.14. The highest BCUT2D eigenvalue weighted by molar-refractivity contribution is 5.80. The molecule has 0 aromatic carbocycles. The Morgan fingerprint density at radius 3 is 1.76 bits per heavy atom. The van der Waals surface area contributed by atoms with Crippen molar-refractivity contribution in [3.05, 3.63) is 72.9 Å². The van der Waals surface area contributed by atoms with E-state index in [0.29, 0.717) is 25.7 Å². The summed E-state index contributed by atoms with van der Waals surface area (Å²) in [5.41, 5.74) is 0. The molecule has 0 saturated heterocycles. The van der Waals surface area contributed by atoms with Gasteiger partial charge in [-0.25, -0.2) is 0 Å². The van der Waals surface area contributed by atoms with Crippen molar-refractivity contribution < 1.29 is 24.2 Å². The van der Waals surface area contributed by atoms with E-state index in [9.17, 15) is 14.4 Å². The number of nitrogens with one attached hydrogen (secondary N) is 1. The summed E-state index contributed by atoms with van der Waals surface area (Å²) in [6.07, 6.45) is 46.0. The van der Waals surface area contributed by atoms with Crippen LogP contribution in [0.2, 0.25) is 0 Å². The number of allylic oxidation sites excluding steroid dienone is 11. The van der Waals surface area contributed by atoms with Crippen molar-refractivity contribution in [2.24, 2.45) is 0 Å². The molecule has 6 heteroatoms. The predicted molar refractivity (Wildman–Crippen MR) is 194 cm³/mol. The Labute approximate surface area is 281 Å². The molecule has 0 aliphatic heterocycles. The molecule has 0 heterocycles. The van der Waals surface area contributed by atoms with Gasteiger partial charge in [0.1, 0.15) is 12.6 Å². The summed E-state index contributed by atoms with van der Waals surface area (Å²) in [6.45, 7) is 4.02. The SMILES string of the molecule is CC/C=C\C/C=C\C/C=C\C/C=C\C(CCCCCC(=O)NCC(=O)O)OC(=O)CCCCCCC/C=C\C/C=C\CCCCC. The fourth-order valence-corrected chi connectivity index (χ4v) is 4.69. The Morgan fingerprint density at radius 2 is 1.13 bits per heavy atom. The zero-order chi connectivity index (χ0) is 33.8. The Balaban J connectivity index is 4.36. The van der Waals surface area contributed by atoms with Gasteiger partial charge >= 0.3 is 11.9 Å². The van der Waals surface area contributed by atoms with Crippen LogP contribution in [0, 0.1) is 0 Å². The maximum atomic E-state index is 12.6. The molecule has 0 aliphatic carbocycles. The van der Waals surface area contributed by atoms with Gasteiger partial charge in [-0.05, 0) is 89.5 Å². The lowest BCUT2D eigenvalue weighted by Crippen LogP contribution is -2.28. The highest BCUT2D eigenvalue weighted by Crippen LogP contribution is 2.14. The van der Waals surface area contributed by atoms with Crippen molar-refractivity contribution >= 4 is 17.8 Å². The van der Waals surface area contributed by atoms with Crippen LogP contribution in [-0.2, 0) is 19.1 Å². The van der Waals surface area contributed by atoms with Gasteiger partial charge in [0.15, 0.2) is 0 Å². The standard InChI is InChI=1S/C40H65NO5/c1-3-5-7-9-11-13-15-16-17-18-20-22-24-26-31-35-40(45)46-37(33-29-27-30-34-38(42)41-36-39(43)44)32-28-25-23-21-19-14-12-10-8-6-4-2/h6,8,11-14,16-17,21,23,28,32,37H,3-5,7,9-10,15,18-20,22,24-27,29-31,33-36H2,1-2H3,(H,41,42)(H,43,44)/b8-6-,13-11-,14-12-,17-16-,23-21-,32-28-. The third kappa shape index (κ3) is 33.7. The maximum absolute atomic E-state index is 12.6. The third-order valence-electron chi connectivity index (χ3n) is 7.35. The van der Waals surface area contributed by atoms with Gasteiger partial charge in [0.25, 0.3) is 0 Å². The van der Waals surface area contributed by atoms with E-state index < -0.39 is 5.97 Å². The van der Waals surface area contributed by atoms with Crippen molar-refractivity contribution in [1.29, 1.82) is 0 Å². The van der Waals surface area contributed by atoms with Crippen molar-refractivity contribution in [3.8, 4) is 0 Å². The number of esters is 1. The van der Waals surface area contributed by atoms with Crippen molar-refractivity contribution in [2.45, 2.75) is 155 Å². The molecular weight excluding hydrogens is 574 g/mol. The predicted octanol–water partition coefficient (Wildman–Crippen LogP) is 10.7. The van der Waals surface area contributed by atoms with Gasteiger partial charge < -0.3 is 15.2 Å². The summed E-state index contributed by atoms with van der Waals surface area (Å²) < 4.78 is 5.83. The molecule has 0 aliphatic rings. The Kier molecular flexibility index (Phi) is 32.3. The Bertz CT molecular complexity index is 928. The van der Waals surface area contributed by atoms with E-state index in [1.54, 1.807) is 0 Å². The first-order chi connectivity index (χ1) is 22.5. The first-order valence-corrected chi connectivity index (χ1v) is 18.1. The average Bonchev–Trinajstić information content (AvgIpc) is 3.04. The van der Waals surface area contributed by atoms with Crippen molar-refractivity contribution in [3.63, 3.8) is 0 Å². The Morgan fingerprint density at radius 1 is 0.609 bits per heavy atom. The number of carboxylic acid groups (broad SMARTS) is 1. The van der Waals surface area contributed by atoms with Crippen LogP contribution < -0.4 is 5.32 Å². The molecule has 0 aromatic rings. The number of carboxylic acids is 1. The minimum Gasteiger partial charge on any atom is -0.480 e. The zero-order valence-electron chi connectivity index (χ0n) is 29.1. The summed E-state index contributed by atoms with van der Waals surface area (Å²) >= 11 is 0. The number of carbonyl (C=O) groups excluding carboxylic acids is 2. The molecule has 0 spiro atoms. The minimum atomic E-state index is -1.05. The number of rotatable bonds is 31. The highest BCUT2D eigenvalue weighted by Gasteiger charge is 2.12. The van der Waals surface area contributed by atoms with E-state index in [-0.39, 0.29) is 24.5 Å². The van der Waals surface area contributed by atoms with Gasteiger partial charge in [-0.15, -0.1) is 0 Å². The van der Waals surface area contributed by atoms with Gasteiger partial charge in [0.2, 0.25) is 5.91 Å². The summed E-state index contributed by atoms with van der Waals surface area (Å²) in [7, 11) is 0. The molecule has 1 unspecified atom stereocenters. The monoisotopic (exact) mass is 639 g/mol. The molecule has 0 rings (SSSR count). The summed E-state index contributed by atoms with van der Waals surface area (Å²) in [6, 6.07) is 0. The topological polar surface area (TPSA) is 92.7 Å². The van der Waals surface area contributed by atoms with Crippen molar-refractivity contribution in [2.75, 3.05) is 6.54 Å². The van der Waals surface area contributed by atoms with Gasteiger partial charge in [0.05, 0.1) is 0 Å². The molecule has 2 N–H and O–H groups in total.